The third-order valence-corrected chi connectivity index (χ3v) is 4.66. The maximum Gasteiger partial charge on any atom is 0.354 e. The highest BCUT2D eigenvalue weighted by Gasteiger charge is 2.24. The minimum atomic E-state index is -1.04. The fourth-order valence-electron chi connectivity index (χ4n) is 2.42. The molecule has 0 unspecified atom stereocenters. The van der Waals surface area contributed by atoms with Crippen molar-refractivity contribution in [3.8, 4) is 5.75 Å². The third kappa shape index (κ3) is 3.54. The lowest BCUT2D eigenvalue weighted by molar-refractivity contribution is -0.132. The molecule has 2 heterocycles. The number of nitrogens with zero attached hydrogens (tertiary/aromatic N) is 1. The average molecular weight is 343 g/mol. The predicted octanol–water partition coefficient (Wildman–Crippen LogP) is 3.78. The zero-order valence-electron chi connectivity index (χ0n) is 13.4. The fraction of sp³-hybridized carbons (Fsp3) is 0.222. The second kappa shape index (κ2) is 6.97. The molecule has 1 aliphatic heterocycles. The smallest absolute Gasteiger partial charge is 0.354 e. The number of carbonyl (C=O) groups is 1. The van der Waals surface area contributed by atoms with Gasteiger partial charge < -0.3 is 14.3 Å². The molecule has 0 bridgehead atoms. The van der Waals surface area contributed by atoms with Gasteiger partial charge in [0.2, 0.25) is 0 Å². The molecule has 0 aliphatic carbocycles. The fourth-order valence-corrected chi connectivity index (χ4v) is 3.43. The Labute approximate surface area is 144 Å². The van der Waals surface area contributed by atoms with Crippen molar-refractivity contribution >= 4 is 28.3 Å². The maximum absolute atomic E-state index is 11.6. The van der Waals surface area contributed by atoms with Crippen molar-refractivity contribution in [1.82, 2.24) is 0 Å². The summed E-state index contributed by atoms with van der Waals surface area (Å²) in [7, 11) is 1.62. The van der Waals surface area contributed by atoms with Crippen LogP contribution in [-0.4, -0.2) is 29.0 Å². The minimum Gasteiger partial charge on any atom is -0.497 e. The van der Waals surface area contributed by atoms with Crippen LogP contribution in [0.15, 0.2) is 51.5 Å². The summed E-state index contributed by atoms with van der Waals surface area (Å²) in [6.45, 7) is 1.83. The van der Waals surface area contributed by atoms with Crippen LogP contribution in [0.25, 0.3) is 5.57 Å². The van der Waals surface area contributed by atoms with E-state index in [1.807, 2.05) is 37.3 Å². The molecule has 1 aliphatic rings. The van der Waals surface area contributed by atoms with Gasteiger partial charge in [0, 0.05) is 17.7 Å². The molecule has 1 N–H and O–H groups in total. The van der Waals surface area contributed by atoms with Gasteiger partial charge in [-0.3, -0.25) is 0 Å². The van der Waals surface area contributed by atoms with Crippen molar-refractivity contribution in [3.63, 3.8) is 0 Å². The Kier molecular flexibility index (Phi) is 4.76. The maximum atomic E-state index is 11.6. The van der Waals surface area contributed by atoms with Crippen LogP contribution in [0.4, 0.5) is 0 Å². The molecule has 5 nitrogen and oxygen atoms in total. The van der Waals surface area contributed by atoms with E-state index < -0.39 is 5.97 Å². The van der Waals surface area contributed by atoms with E-state index in [1.165, 1.54) is 11.8 Å². The van der Waals surface area contributed by atoms with E-state index in [4.69, 9.17) is 9.15 Å². The zero-order valence-corrected chi connectivity index (χ0v) is 14.2. The van der Waals surface area contributed by atoms with E-state index in [1.54, 1.807) is 13.2 Å². The van der Waals surface area contributed by atoms with Gasteiger partial charge in [-0.2, -0.15) is 0 Å². The molecule has 0 saturated carbocycles. The number of hydrogen-bond donors (Lipinski definition) is 1. The molecule has 0 spiro atoms. The third-order valence-electron chi connectivity index (χ3n) is 3.66. The molecule has 3 rings (SSSR count). The highest BCUT2D eigenvalue weighted by Crippen LogP contribution is 2.32. The standard InChI is InChI=1S/C18H17NO4S/c1-11-3-8-15(23-11)14-10-24-16(19-17(14)18(20)21)9-12-4-6-13(22-2)7-5-12/h3-8H,9-10H2,1-2H3,(H,20,21). The normalized spacial score (nSPS) is 14.5. The second-order valence-electron chi connectivity index (χ2n) is 5.36. The van der Waals surface area contributed by atoms with Crippen molar-refractivity contribution in [2.24, 2.45) is 4.99 Å². The molecule has 24 heavy (non-hydrogen) atoms. The Hall–Kier alpha value is -2.47. The first-order chi connectivity index (χ1) is 11.6. The molecular weight excluding hydrogens is 326 g/mol. The highest BCUT2D eigenvalue weighted by molar-refractivity contribution is 8.14. The van der Waals surface area contributed by atoms with Gasteiger partial charge >= 0.3 is 5.97 Å². The van der Waals surface area contributed by atoms with Crippen molar-refractivity contribution in [2.75, 3.05) is 12.9 Å². The van der Waals surface area contributed by atoms with Crippen molar-refractivity contribution in [2.45, 2.75) is 13.3 Å². The lowest BCUT2D eigenvalue weighted by Gasteiger charge is -2.16. The van der Waals surface area contributed by atoms with Crippen molar-refractivity contribution in [3.05, 3.63) is 59.2 Å². The Morgan fingerprint density at radius 2 is 2.04 bits per heavy atom. The van der Waals surface area contributed by atoms with Crippen molar-refractivity contribution < 1.29 is 19.1 Å². The number of hydrogen-bond acceptors (Lipinski definition) is 5. The van der Waals surface area contributed by atoms with E-state index in [-0.39, 0.29) is 5.70 Å². The summed E-state index contributed by atoms with van der Waals surface area (Å²) in [4.78, 5) is 15.9. The number of benzene rings is 1. The van der Waals surface area contributed by atoms with Gasteiger partial charge in [0.25, 0.3) is 0 Å². The van der Waals surface area contributed by atoms with Crippen LogP contribution < -0.4 is 4.74 Å². The van der Waals surface area contributed by atoms with Gasteiger partial charge in [0.05, 0.1) is 12.2 Å². The Morgan fingerprint density at radius 3 is 2.62 bits per heavy atom. The van der Waals surface area contributed by atoms with Crippen LogP contribution >= 0.6 is 11.8 Å². The van der Waals surface area contributed by atoms with Crippen LogP contribution in [-0.2, 0) is 11.2 Å². The Bertz CT molecular complexity index is 818. The van der Waals surface area contributed by atoms with Crippen LogP contribution in [0.1, 0.15) is 17.1 Å². The SMILES string of the molecule is COc1ccc(CC2=NC(C(=O)O)=C(c3ccc(C)o3)CS2)cc1. The van der Waals surface area contributed by atoms with Crippen LogP contribution in [0.5, 0.6) is 5.75 Å². The molecule has 0 fully saturated rings. The minimum absolute atomic E-state index is 0.0617. The lowest BCUT2D eigenvalue weighted by Crippen LogP contribution is -2.13. The Morgan fingerprint density at radius 1 is 1.29 bits per heavy atom. The quantitative estimate of drug-likeness (QED) is 0.894. The number of rotatable bonds is 5. The summed E-state index contributed by atoms with van der Waals surface area (Å²) in [5.41, 5.74) is 1.75. The zero-order chi connectivity index (χ0) is 17.1. The Balaban J connectivity index is 1.87. The monoisotopic (exact) mass is 343 g/mol. The molecule has 0 amide bonds. The number of carboxylic acid groups (broad SMARTS) is 1. The van der Waals surface area contributed by atoms with E-state index in [2.05, 4.69) is 4.99 Å². The van der Waals surface area contributed by atoms with Crippen LogP contribution in [0, 0.1) is 6.92 Å². The van der Waals surface area contributed by atoms with Gasteiger partial charge in [-0.25, -0.2) is 9.79 Å². The van der Waals surface area contributed by atoms with Crippen molar-refractivity contribution in [1.29, 1.82) is 0 Å². The molecular formula is C18H17NO4S. The molecule has 124 valence electrons. The summed E-state index contributed by atoms with van der Waals surface area (Å²) in [6.07, 6.45) is 0.593. The number of carboxylic acids is 1. The molecule has 1 aromatic carbocycles. The molecule has 0 radical (unpaired) electrons. The molecule has 0 atom stereocenters. The number of aryl methyl sites for hydroxylation is 1. The van der Waals surface area contributed by atoms with Gasteiger partial charge in [0.15, 0.2) is 5.70 Å². The first kappa shape index (κ1) is 16.4. The summed E-state index contributed by atoms with van der Waals surface area (Å²) >= 11 is 1.54. The van der Waals surface area contributed by atoms with E-state index in [9.17, 15) is 9.90 Å². The number of aliphatic carboxylic acids is 1. The number of methoxy groups -OCH3 is 1. The number of thioether (sulfide) groups is 1. The molecule has 1 aromatic heterocycles. The topological polar surface area (TPSA) is 72.0 Å². The van der Waals surface area contributed by atoms with Gasteiger partial charge in [-0.15, -0.1) is 11.8 Å². The molecule has 2 aromatic rings. The largest absolute Gasteiger partial charge is 0.497 e. The van der Waals surface area contributed by atoms with E-state index in [0.29, 0.717) is 23.5 Å². The first-order valence-electron chi connectivity index (χ1n) is 7.43. The predicted molar refractivity (Wildman–Crippen MR) is 94.6 cm³/mol. The van der Waals surface area contributed by atoms with Gasteiger partial charge in [-0.05, 0) is 36.8 Å². The summed E-state index contributed by atoms with van der Waals surface area (Å²) < 4.78 is 10.7. The highest BCUT2D eigenvalue weighted by atomic mass is 32.2. The summed E-state index contributed by atoms with van der Waals surface area (Å²) in [5, 5.41) is 10.3. The van der Waals surface area contributed by atoms with Crippen LogP contribution in [0.2, 0.25) is 0 Å². The molecule has 6 heteroatoms. The lowest BCUT2D eigenvalue weighted by atomic mass is 10.1. The number of furan rings is 1. The van der Waals surface area contributed by atoms with E-state index in [0.717, 1.165) is 22.1 Å². The summed E-state index contributed by atoms with van der Waals surface area (Å²) in [6, 6.07) is 11.3. The van der Waals surface area contributed by atoms with E-state index >= 15 is 0 Å². The number of aliphatic imine (C=N–C) groups is 1. The summed E-state index contributed by atoms with van der Waals surface area (Å²) in [5.74, 6) is 1.61. The average Bonchev–Trinajstić information content (AvgIpc) is 3.02. The number of ether oxygens (including phenoxy) is 1. The van der Waals surface area contributed by atoms with Crippen LogP contribution in [0.3, 0.4) is 0 Å². The molecule has 0 saturated heterocycles. The first-order valence-corrected chi connectivity index (χ1v) is 8.42. The van der Waals surface area contributed by atoms with Gasteiger partial charge in [-0.1, -0.05) is 12.1 Å². The van der Waals surface area contributed by atoms with Gasteiger partial charge in [0.1, 0.15) is 17.3 Å². The second-order valence-corrected chi connectivity index (χ2v) is 6.41.